The van der Waals surface area contributed by atoms with Crippen molar-refractivity contribution in [2.75, 3.05) is 18.2 Å². The van der Waals surface area contributed by atoms with Crippen molar-refractivity contribution in [3.8, 4) is 0 Å². The maximum atomic E-state index is 12.2. The van der Waals surface area contributed by atoms with Gasteiger partial charge >= 0.3 is 5.97 Å². The van der Waals surface area contributed by atoms with Gasteiger partial charge in [-0.05, 0) is 24.6 Å². The van der Waals surface area contributed by atoms with E-state index in [2.05, 4.69) is 16.0 Å². The molecule has 1 aliphatic heterocycles. The molecule has 0 spiro atoms. The number of rotatable bonds is 8. The Hall–Kier alpha value is -1.77. The summed E-state index contributed by atoms with van der Waals surface area (Å²) in [4.78, 5) is 35.3. The highest BCUT2D eigenvalue weighted by molar-refractivity contribution is 7.99. The summed E-state index contributed by atoms with van der Waals surface area (Å²) in [5, 5.41) is 17.9. The number of nitrogens with one attached hydrogen (secondary N) is 3. The van der Waals surface area contributed by atoms with Gasteiger partial charge in [0, 0.05) is 35.5 Å². The van der Waals surface area contributed by atoms with Crippen LogP contribution < -0.4 is 16.0 Å². The van der Waals surface area contributed by atoms with Crippen LogP contribution in [0.3, 0.4) is 0 Å². The summed E-state index contributed by atoms with van der Waals surface area (Å²) in [5.74, 6) is -0.412. The Morgan fingerprint density at radius 2 is 2.04 bits per heavy atom. The van der Waals surface area contributed by atoms with Gasteiger partial charge in [0.15, 0.2) is 0 Å². The monoisotopic (exact) mass is 399 g/mol. The molecule has 1 aromatic rings. The summed E-state index contributed by atoms with van der Waals surface area (Å²) in [6.07, 6.45) is 0.0619. The summed E-state index contributed by atoms with van der Waals surface area (Å²) < 4.78 is 0. The van der Waals surface area contributed by atoms with E-state index in [4.69, 9.17) is 16.7 Å². The van der Waals surface area contributed by atoms with Gasteiger partial charge in [0.1, 0.15) is 6.04 Å². The van der Waals surface area contributed by atoms with Crippen LogP contribution in [0.15, 0.2) is 24.3 Å². The largest absolute Gasteiger partial charge is 0.480 e. The molecule has 3 atom stereocenters. The quantitative estimate of drug-likeness (QED) is 0.523. The third-order valence-electron chi connectivity index (χ3n) is 4.08. The molecular formula is C17H22ClN3O4S. The fraction of sp³-hybridized carbons (Fsp3) is 0.471. The van der Waals surface area contributed by atoms with Crippen LogP contribution in [0.2, 0.25) is 5.02 Å². The second-order valence-electron chi connectivity index (χ2n) is 6.10. The van der Waals surface area contributed by atoms with Crippen LogP contribution in [0.4, 0.5) is 0 Å². The molecule has 1 aliphatic rings. The van der Waals surface area contributed by atoms with Gasteiger partial charge in [0.25, 0.3) is 0 Å². The molecule has 142 valence electrons. The van der Waals surface area contributed by atoms with Crippen LogP contribution in [0.5, 0.6) is 0 Å². The van der Waals surface area contributed by atoms with Crippen molar-refractivity contribution < 1.29 is 19.5 Å². The van der Waals surface area contributed by atoms with Gasteiger partial charge in [-0.3, -0.25) is 19.7 Å². The lowest BCUT2D eigenvalue weighted by atomic mass is 9.95. The van der Waals surface area contributed by atoms with Crippen LogP contribution in [-0.4, -0.2) is 53.1 Å². The number of carbonyl (C=O) groups is 3. The fourth-order valence-electron chi connectivity index (χ4n) is 2.54. The summed E-state index contributed by atoms with van der Waals surface area (Å²) >= 11 is 7.57. The molecule has 0 bridgehead atoms. The average Bonchev–Trinajstić information content (AvgIpc) is 3.13. The van der Waals surface area contributed by atoms with Gasteiger partial charge in [-0.1, -0.05) is 23.7 Å². The third-order valence-corrected chi connectivity index (χ3v) is 5.27. The Morgan fingerprint density at radius 3 is 2.62 bits per heavy atom. The number of halogens is 1. The highest BCUT2D eigenvalue weighted by Crippen LogP contribution is 2.21. The van der Waals surface area contributed by atoms with E-state index in [0.29, 0.717) is 10.8 Å². The molecule has 1 aromatic carbocycles. The minimum absolute atomic E-state index is 0.0619. The van der Waals surface area contributed by atoms with Gasteiger partial charge in [-0.2, -0.15) is 0 Å². The predicted molar refractivity (Wildman–Crippen MR) is 101 cm³/mol. The van der Waals surface area contributed by atoms with Crippen molar-refractivity contribution in [1.82, 2.24) is 16.0 Å². The first-order valence-corrected chi connectivity index (χ1v) is 9.76. The standard InChI is InChI=1S/C17H22ClN3O4S/c1-10(17(24)25)21-15(22)6-12(11-2-4-13(18)5-3-11)7-19-16(23)14-8-26-9-20-14/h2-5,10,12,14,20H,6-9H2,1H3,(H,19,23)(H,21,22)(H,24,25)/t10-,12?,14+/m1/s1. The minimum Gasteiger partial charge on any atom is -0.480 e. The Balaban J connectivity index is 2.01. The molecule has 1 fully saturated rings. The first-order valence-electron chi connectivity index (χ1n) is 8.23. The number of carboxylic acid groups (broad SMARTS) is 1. The first kappa shape index (κ1) is 20.5. The smallest absolute Gasteiger partial charge is 0.325 e. The fourth-order valence-corrected chi connectivity index (χ4v) is 3.61. The molecule has 1 saturated heterocycles. The molecular weight excluding hydrogens is 378 g/mol. The van der Waals surface area contributed by atoms with E-state index in [-0.39, 0.29) is 36.7 Å². The van der Waals surface area contributed by atoms with Gasteiger partial charge in [-0.25, -0.2) is 0 Å². The lowest BCUT2D eigenvalue weighted by Crippen LogP contribution is -2.44. The van der Waals surface area contributed by atoms with Crippen LogP contribution in [-0.2, 0) is 14.4 Å². The zero-order valence-corrected chi connectivity index (χ0v) is 15.9. The second-order valence-corrected chi connectivity index (χ2v) is 7.56. The topological polar surface area (TPSA) is 108 Å². The summed E-state index contributed by atoms with van der Waals surface area (Å²) in [6, 6.07) is 5.85. The van der Waals surface area contributed by atoms with E-state index in [1.807, 2.05) is 0 Å². The van der Waals surface area contributed by atoms with Crippen LogP contribution in [0, 0.1) is 0 Å². The maximum absolute atomic E-state index is 12.2. The maximum Gasteiger partial charge on any atom is 0.325 e. The second kappa shape index (κ2) is 9.80. The molecule has 26 heavy (non-hydrogen) atoms. The van der Waals surface area contributed by atoms with Crippen molar-refractivity contribution in [2.45, 2.75) is 31.3 Å². The van der Waals surface area contributed by atoms with E-state index >= 15 is 0 Å². The van der Waals surface area contributed by atoms with E-state index in [1.165, 1.54) is 6.92 Å². The molecule has 1 unspecified atom stereocenters. The number of thioether (sulfide) groups is 1. The molecule has 9 heteroatoms. The molecule has 2 amide bonds. The number of hydrogen-bond donors (Lipinski definition) is 4. The van der Waals surface area contributed by atoms with Gasteiger partial charge in [0.05, 0.1) is 6.04 Å². The highest BCUT2D eigenvalue weighted by atomic mass is 35.5. The minimum atomic E-state index is -1.10. The lowest BCUT2D eigenvalue weighted by molar-refractivity contribution is -0.141. The molecule has 2 rings (SSSR count). The highest BCUT2D eigenvalue weighted by Gasteiger charge is 2.25. The number of hydrogen-bond acceptors (Lipinski definition) is 5. The average molecular weight is 400 g/mol. The summed E-state index contributed by atoms with van der Waals surface area (Å²) in [7, 11) is 0. The molecule has 4 N–H and O–H groups in total. The Morgan fingerprint density at radius 1 is 1.35 bits per heavy atom. The van der Waals surface area contributed by atoms with Crippen LogP contribution in [0.1, 0.15) is 24.8 Å². The number of carboxylic acids is 1. The van der Waals surface area contributed by atoms with E-state index in [1.54, 1.807) is 36.0 Å². The number of aliphatic carboxylic acids is 1. The van der Waals surface area contributed by atoms with Crippen LogP contribution >= 0.6 is 23.4 Å². The van der Waals surface area contributed by atoms with E-state index in [0.717, 1.165) is 11.4 Å². The van der Waals surface area contributed by atoms with Crippen molar-refractivity contribution in [3.63, 3.8) is 0 Å². The Bertz CT molecular complexity index is 650. The molecule has 7 nitrogen and oxygen atoms in total. The SMILES string of the molecule is C[C@@H](NC(=O)CC(CNC(=O)[C@@H]1CSCN1)c1ccc(Cl)cc1)C(=O)O. The Labute approximate surface area is 161 Å². The van der Waals surface area contributed by atoms with Crippen molar-refractivity contribution >= 4 is 41.1 Å². The summed E-state index contributed by atoms with van der Waals surface area (Å²) in [6.45, 7) is 1.68. The number of amides is 2. The predicted octanol–water partition coefficient (Wildman–Crippen LogP) is 1.18. The first-order chi connectivity index (χ1) is 12.4. The van der Waals surface area contributed by atoms with Crippen molar-refractivity contribution in [3.05, 3.63) is 34.9 Å². The molecule has 0 aromatic heterocycles. The molecule has 0 saturated carbocycles. The van der Waals surface area contributed by atoms with E-state index in [9.17, 15) is 14.4 Å². The van der Waals surface area contributed by atoms with Crippen molar-refractivity contribution in [1.29, 1.82) is 0 Å². The van der Waals surface area contributed by atoms with Gasteiger partial charge < -0.3 is 15.7 Å². The zero-order valence-electron chi connectivity index (χ0n) is 14.3. The third kappa shape index (κ3) is 6.19. The lowest BCUT2D eigenvalue weighted by Gasteiger charge is -2.20. The zero-order chi connectivity index (χ0) is 19.1. The van der Waals surface area contributed by atoms with Crippen molar-refractivity contribution in [2.24, 2.45) is 0 Å². The van der Waals surface area contributed by atoms with Gasteiger partial charge in [0.2, 0.25) is 11.8 Å². The van der Waals surface area contributed by atoms with Crippen LogP contribution in [0.25, 0.3) is 0 Å². The summed E-state index contributed by atoms with van der Waals surface area (Å²) in [5.41, 5.74) is 0.849. The molecule has 1 heterocycles. The molecule has 0 radical (unpaired) electrons. The molecule has 0 aliphatic carbocycles. The number of benzene rings is 1. The number of carbonyl (C=O) groups excluding carboxylic acids is 2. The van der Waals surface area contributed by atoms with Gasteiger partial charge in [-0.15, -0.1) is 11.8 Å². The normalized spacial score (nSPS) is 18.8. The van der Waals surface area contributed by atoms with E-state index < -0.39 is 12.0 Å². The Kier molecular flexibility index (Phi) is 7.74.